The molecule has 0 unspecified atom stereocenters. The second-order valence-corrected chi connectivity index (χ2v) is 11.4. The summed E-state index contributed by atoms with van der Waals surface area (Å²) in [5, 5.41) is 0.862. The standard InChI is InChI=1S/C25H33N3O6S/c1-25(2,3)34-24(31)28(4)15-7-9-16(10-8-15)33-21-20-19-14(12-17(29)23(30)32-5)6-11-18(19)35-22(20)27-13-26-21/h13-16H,6-12H2,1-5H3/t14-,15?,16?/m1/s1. The molecule has 2 heterocycles. The van der Waals surface area contributed by atoms with E-state index in [1.54, 1.807) is 23.3 Å². The lowest BCUT2D eigenvalue weighted by Gasteiger charge is -2.35. The molecule has 1 saturated carbocycles. The van der Waals surface area contributed by atoms with Gasteiger partial charge in [-0.2, -0.15) is 0 Å². The molecule has 1 atom stereocenters. The van der Waals surface area contributed by atoms with E-state index in [4.69, 9.17) is 9.47 Å². The number of nitrogens with zero attached hydrogens (tertiary/aromatic N) is 3. The topological polar surface area (TPSA) is 108 Å². The number of carbonyl (C=O) groups is 3. The van der Waals surface area contributed by atoms with E-state index in [1.807, 2.05) is 20.8 Å². The van der Waals surface area contributed by atoms with Crippen molar-refractivity contribution in [2.75, 3.05) is 14.2 Å². The van der Waals surface area contributed by atoms with E-state index < -0.39 is 17.4 Å². The zero-order valence-corrected chi connectivity index (χ0v) is 21.8. The van der Waals surface area contributed by atoms with Crippen molar-refractivity contribution in [2.45, 2.75) is 89.4 Å². The minimum absolute atomic E-state index is 0.0245. The summed E-state index contributed by atoms with van der Waals surface area (Å²) in [6.45, 7) is 5.59. The number of thiophene rings is 1. The Labute approximate surface area is 209 Å². The molecule has 9 nitrogen and oxygen atoms in total. The number of esters is 1. The van der Waals surface area contributed by atoms with Crippen molar-refractivity contribution in [1.29, 1.82) is 0 Å². The fourth-order valence-corrected chi connectivity index (χ4v) is 6.18. The lowest BCUT2D eigenvalue weighted by atomic mass is 9.92. The summed E-state index contributed by atoms with van der Waals surface area (Å²) < 4.78 is 16.5. The van der Waals surface area contributed by atoms with Crippen LogP contribution in [0, 0.1) is 0 Å². The third-order valence-electron chi connectivity index (χ3n) is 6.69. The molecule has 0 aliphatic heterocycles. The lowest BCUT2D eigenvalue weighted by Crippen LogP contribution is -2.43. The molecule has 2 aliphatic carbocycles. The van der Waals surface area contributed by atoms with Crippen LogP contribution in [0.2, 0.25) is 0 Å². The molecule has 0 radical (unpaired) electrons. The summed E-state index contributed by atoms with van der Waals surface area (Å²) in [7, 11) is 3.01. The third-order valence-corrected chi connectivity index (χ3v) is 7.86. The highest BCUT2D eigenvalue weighted by Crippen LogP contribution is 2.47. The van der Waals surface area contributed by atoms with Crippen molar-refractivity contribution in [3.8, 4) is 5.88 Å². The van der Waals surface area contributed by atoms with E-state index >= 15 is 0 Å². The fourth-order valence-electron chi connectivity index (χ4n) is 4.95. The molecule has 35 heavy (non-hydrogen) atoms. The Hall–Kier alpha value is -2.75. The van der Waals surface area contributed by atoms with Crippen molar-refractivity contribution < 1.29 is 28.6 Å². The number of aromatic nitrogens is 2. The van der Waals surface area contributed by atoms with Crippen molar-refractivity contribution in [3.05, 3.63) is 16.8 Å². The third kappa shape index (κ3) is 5.58. The molecule has 190 valence electrons. The van der Waals surface area contributed by atoms with Crippen molar-refractivity contribution in [1.82, 2.24) is 14.9 Å². The van der Waals surface area contributed by atoms with Crippen LogP contribution in [0.1, 0.15) is 75.7 Å². The van der Waals surface area contributed by atoms with Gasteiger partial charge >= 0.3 is 12.1 Å². The molecule has 4 rings (SSSR count). The van der Waals surface area contributed by atoms with Crippen LogP contribution in [0.3, 0.4) is 0 Å². The fraction of sp³-hybridized carbons (Fsp3) is 0.640. The van der Waals surface area contributed by atoms with Crippen LogP contribution in [0.5, 0.6) is 5.88 Å². The monoisotopic (exact) mass is 503 g/mol. The number of hydrogen-bond donors (Lipinski definition) is 0. The first-order chi connectivity index (χ1) is 16.6. The maximum atomic E-state index is 12.4. The van der Waals surface area contributed by atoms with Gasteiger partial charge in [-0.1, -0.05) is 0 Å². The second kappa shape index (κ2) is 10.1. The number of hydrogen-bond acceptors (Lipinski definition) is 9. The van der Waals surface area contributed by atoms with E-state index in [1.165, 1.54) is 18.3 Å². The zero-order chi connectivity index (χ0) is 25.3. The molecule has 0 N–H and O–H groups in total. The maximum absolute atomic E-state index is 12.4. The number of aryl methyl sites for hydroxylation is 1. The molecule has 0 aromatic carbocycles. The number of amides is 1. The van der Waals surface area contributed by atoms with Gasteiger partial charge in [0.2, 0.25) is 11.7 Å². The molecule has 1 amide bonds. The number of ether oxygens (including phenoxy) is 3. The van der Waals surface area contributed by atoms with Crippen molar-refractivity contribution >= 4 is 39.4 Å². The summed E-state index contributed by atoms with van der Waals surface area (Å²) in [4.78, 5) is 48.9. The van der Waals surface area contributed by atoms with Crippen LogP contribution in [0.15, 0.2) is 6.33 Å². The Morgan fingerprint density at radius 3 is 2.49 bits per heavy atom. The molecule has 2 aliphatic rings. The highest BCUT2D eigenvalue weighted by Gasteiger charge is 2.34. The molecule has 0 bridgehead atoms. The van der Waals surface area contributed by atoms with E-state index in [2.05, 4.69) is 14.7 Å². The zero-order valence-electron chi connectivity index (χ0n) is 21.0. The number of rotatable bonds is 6. The number of fused-ring (bicyclic) bond motifs is 3. The second-order valence-electron chi connectivity index (χ2n) is 10.3. The van der Waals surface area contributed by atoms with Crippen LogP contribution < -0.4 is 4.74 Å². The molecule has 10 heteroatoms. The summed E-state index contributed by atoms with van der Waals surface area (Å²) >= 11 is 1.60. The Morgan fingerprint density at radius 1 is 1.11 bits per heavy atom. The molecule has 0 saturated heterocycles. The van der Waals surface area contributed by atoms with Gasteiger partial charge in [0, 0.05) is 24.4 Å². The maximum Gasteiger partial charge on any atom is 0.410 e. The van der Waals surface area contributed by atoms with Crippen LogP contribution >= 0.6 is 11.3 Å². The van der Waals surface area contributed by atoms with Crippen LogP contribution in [0.25, 0.3) is 10.2 Å². The average Bonchev–Trinajstić information content (AvgIpc) is 3.37. The van der Waals surface area contributed by atoms with Gasteiger partial charge in [-0.25, -0.2) is 19.6 Å². The van der Waals surface area contributed by atoms with Crippen LogP contribution in [0.4, 0.5) is 4.79 Å². The van der Waals surface area contributed by atoms with E-state index in [9.17, 15) is 14.4 Å². The van der Waals surface area contributed by atoms with Gasteiger partial charge < -0.3 is 19.1 Å². The largest absolute Gasteiger partial charge is 0.474 e. The summed E-state index contributed by atoms with van der Waals surface area (Å²) in [5.41, 5.74) is 0.514. The summed E-state index contributed by atoms with van der Waals surface area (Å²) in [5.74, 6) is -0.860. The normalized spacial score (nSPS) is 21.9. The summed E-state index contributed by atoms with van der Waals surface area (Å²) in [6.07, 6.45) is 6.15. The first-order valence-electron chi connectivity index (χ1n) is 12.1. The Bertz CT molecular complexity index is 1120. The smallest absolute Gasteiger partial charge is 0.410 e. The first kappa shape index (κ1) is 25.3. The van der Waals surface area contributed by atoms with Gasteiger partial charge in [0.1, 0.15) is 22.9 Å². The first-order valence-corrected chi connectivity index (χ1v) is 12.9. The van der Waals surface area contributed by atoms with Gasteiger partial charge in [-0.15, -0.1) is 11.3 Å². The summed E-state index contributed by atoms with van der Waals surface area (Å²) in [6, 6.07) is 0.106. The van der Waals surface area contributed by atoms with Gasteiger partial charge in [0.15, 0.2) is 0 Å². The Morgan fingerprint density at radius 2 is 1.83 bits per heavy atom. The van der Waals surface area contributed by atoms with E-state index in [0.29, 0.717) is 5.88 Å². The van der Waals surface area contributed by atoms with Gasteiger partial charge in [0.25, 0.3) is 0 Å². The molecule has 2 aromatic heterocycles. The van der Waals surface area contributed by atoms with E-state index in [-0.39, 0.29) is 30.6 Å². The van der Waals surface area contributed by atoms with Gasteiger partial charge in [0.05, 0.1) is 12.5 Å². The lowest BCUT2D eigenvalue weighted by molar-refractivity contribution is -0.151. The van der Waals surface area contributed by atoms with Crippen LogP contribution in [-0.2, 0) is 25.5 Å². The van der Waals surface area contributed by atoms with Crippen molar-refractivity contribution in [2.24, 2.45) is 0 Å². The van der Waals surface area contributed by atoms with Gasteiger partial charge in [-0.3, -0.25) is 4.79 Å². The Kier molecular flexibility index (Phi) is 7.30. The van der Waals surface area contributed by atoms with Crippen molar-refractivity contribution in [3.63, 3.8) is 0 Å². The van der Waals surface area contributed by atoms with E-state index in [0.717, 1.165) is 54.3 Å². The quantitative estimate of drug-likeness (QED) is 0.421. The average molecular weight is 504 g/mol. The SMILES string of the molecule is COC(=O)C(=O)C[C@H]1CCc2sc3ncnc(OC4CCC(N(C)C(=O)OC(C)(C)C)CC4)c3c21. The Balaban J connectivity index is 1.45. The number of Topliss-reactive ketones (excluding diaryl/α,β-unsaturated/α-hetero) is 1. The predicted molar refractivity (Wildman–Crippen MR) is 131 cm³/mol. The highest BCUT2D eigenvalue weighted by atomic mass is 32.1. The molecular formula is C25H33N3O6S. The minimum Gasteiger partial charge on any atom is -0.474 e. The number of methoxy groups -OCH3 is 1. The molecule has 1 fully saturated rings. The molecule has 2 aromatic rings. The highest BCUT2D eigenvalue weighted by molar-refractivity contribution is 7.19. The predicted octanol–water partition coefficient (Wildman–Crippen LogP) is 4.41. The van der Waals surface area contributed by atoms with Crippen LogP contribution in [-0.4, -0.2) is 64.6 Å². The molecular weight excluding hydrogens is 470 g/mol. The molecule has 0 spiro atoms. The number of ketones is 1. The number of carbonyl (C=O) groups excluding carboxylic acids is 3. The minimum atomic E-state index is -0.807. The van der Waals surface area contributed by atoms with Gasteiger partial charge in [-0.05, 0) is 70.8 Å².